The van der Waals surface area contributed by atoms with Gasteiger partial charge in [0.1, 0.15) is 0 Å². The molecule has 0 aromatic heterocycles. The second kappa shape index (κ2) is 5.06. The van der Waals surface area contributed by atoms with Crippen molar-refractivity contribution >= 4 is 17.1 Å². The second-order valence-corrected chi connectivity index (χ2v) is 5.19. The van der Waals surface area contributed by atoms with E-state index in [0.717, 1.165) is 11.8 Å². The first-order chi connectivity index (χ1) is 8.22. The Balaban J connectivity index is 2.43. The molecule has 0 amide bonds. The lowest BCUT2D eigenvalue weighted by atomic mass is 10.2. The maximum absolute atomic E-state index is 12.3. The SMILES string of the molecule is Cc1ccc(S(=O)c2ccccc2C=O)cc1. The normalized spacial score (nSPS) is 12.1. The molecule has 0 spiro atoms. The zero-order chi connectivity index (χ0) is 12.3. The van der Waals surface area contributed by atoms with Crippen LogP contribution < -0.4 is 0 Å². The van der Waals surface area contributed by atoms with Gasteiger partial charge in [-0.1, -0.05) is 35.9 Å². The molecule has 0 saturated heterocycles. The van der Waals surface area contributed by atoms with Crippen molar-refractivity contribution in [3.05, 3.63) is 59.7 Å². The van der Waals surface area contributed by atoms with E-state index in [-0.39, 0.29) is 0 Å². The highest BCUT2D eigenvalue weighted by Crippen LogP contribution is 2.19. The molecule has 3 heteroatoms. The molecule has 0 bridgehead atoms. The highest BCUT2D eigenvalue weighted by Gasteiger charge is 2.10. The average molecular weight is 244 g/mol. The van der Waals surface area contributed by atoms with Crippen LogP contribution >= 0.6 is 0 Å². The van der Waals surface area contributed by atoms with Gasteiger partial charge in [-0.05, 0) is 25.1 Å². The van der Waals surface area contributed by atoms with Crippen LogP contribution in [0.1, 0.15) is 15.9 Å². The van der Waals surface area contributed by atoms with Crippen LogP contribution in [0.2, 0.25) is 0 Å². The molecule has 86 valence electrons. The number of hydrogen-bond donors (Lipinski definition) is 0. The monoisotopic (exact) mass is 244 g/mol. The first-order valence-corrected chi connectivity index (χ1v) is 6.40. The topological polar surface area (TPSA) is 34.1 Å². The van der Waals surface area contributed by atoms with Crippen molar-refractivity contribution < 1.29 is 9.00 Å². The van der Waals surface area contributed by atoms with E-state index >= 15 is 0 Å². The van der Waals surface area contributed by atoms with Crippen molar-refractivity contribution in [3.8, 4) is 0 Å². The molecule has 0 saturated carbocycles. The number of carbonyl (C=O) groups excluding carboxylic acids is 1. The van der Waals surface area contributed by atoms with Gasteiger partial charge in [0.2, 0.25) is 0 Å². The molecule has 1 atom stereocenters. The lowest BCUT2D eigenvalue weighted by Crippen LogP contribution is -1.97. The molecule has 2 aromatic carbocycles. The standard InChI is InChI=1S/C14H12O2S/c1-11-6-8-13(9-7-11)17(16)14-5-3-2-4-12(14)10-15/h2-10H,1H3. The third-order valence-corrected chi connectivity index (χ3v) is 3.95. The van der Waals surface area contributed by atoms with Gasteiger partial charge in [-0.3, -0.25) is 4.79 Å². The quantitative estimate of drug-likeness (QED) is 0.778. The molecular formula is C14H12O2S. The van der Waals surface area contributed by atoms with Gasteiger partial charge in [-0.25, -0.2) is 4.21 Å². The minimum atomic E-state index is -1.30. The third kappa shape index (κ3) is 2.50. The van der Waals surface area contributed by atoms with Crippen LogP contribution in [-0.2, 0) is 10.8 Å². The Morgan fingerprint density at radius 3 is 2.29 bits per heavy atom. The number of aldehydes is 1. The van der Waals surface area contributed by atoms with Gasteiger partial charge >= 0.3 is 0 Å². The van der Waals surface area contributed by atoms with E-state index in [1.165, 1.54) is 0 Å². The Bertz CT molecular complexity index is 559. The molecule has 2 aromatic rings. The van der Waals surface area contributed by atoms with Gasteiger partial charge in [-0.15, -0.1) is 0 Å². The van der Waals surface area contributed by atoms with E-state index in [2.05, 4.69) is 0 Å². The third-order valence-electron chi connectivity index (χ3n) is 2.48. The van der Waals surface area contributed by atoms with Crippen molar-refractivity contribution in [2.24, 2.45) is 0 Å². The Hall–Kier alpha value is -1.74. The van der Waals surface area contributed by atoms with Crippen LogP contribution in [0.25, 0.3) is 0 Å². The Morgan fingerprint density at radius 1 is 1.00 bits per heavy atom. The van der Waals surface area contributed by atoms with Gasteiger partial charge in [0.25, 0.3) is 0 Å². The number of hydrogen-bond acceptors (Lipinski definition) is 2. The van der Waals surface area contributed by atoms with Crippen molar-refractivity contribution in [2.45, 2.75) is 16.7 Å². The molecule has 2 rings (SSSR count). The largest absolute Gasteiger partial charge is 0.298 e. The average Bonchev–Trinajstić information content (AvgIpc) is 2.39. The summed E-state index contributed by atoms with van der Waals surface area (Å²) in [6.07, 6.45) is 0.738. The van der Waals surface area contributed by atoms with Gasteiger partial charge in [0, 0.05) is 10.5 Å². The molecule has 0 aliphatic carbocycles. The lowest BCUT2D eigenvalue weighted by Gasteiger charge is -2.05. The van der Waals surface area contributed by atoms with E-state index in [1.807, 2.05) is 31.2 Å². The summed E-state index contributed by atoms with van der Waals surface area (Å²) < 4.78 is 12.3. The summed E-state index contributed by atoms with van der Waals surface area (Å²) in [5, 5.41) is 0. The first-order valence-electron chi connectivity index (χ1n) is 5.25. The predicted molar refractivity (Wildman–Crippen MR) is 67.7 cm³/mol. The maximum atomic E-state index is 12.3. The number of carbonyl (C=O) groups is 1. The molecule has 0 aliphatic rings. The smallest absolute Gasteiger partial charge is 0.151 e. The van der Waals surface area contributed by atoms with E-state index in [4.69, 9.17) is 0 Å². The Labute approximate surface area is 103 Å². The van der Waals surface area contributed by atoms with Crippen LogP contribution in [0.4, 0.5) is 0 Å². The zero-order valence-corrected chi connectivity index (χ0v) is 10.2. The molecule has 0 N–H and O–H groups in total. The first kappa shape index (κ1) is 11.7. The lowest BCUT2D eigenvalue weighted by molar-refractivity contribution is 0.112. The van der Waals surface area contributed by atoms with Gasteiger partial charge < -0.3 is 0 Å². The Kier molecular flexibility index (Phi) is 3.49. The van der Waals surface area contributed by atoms with E-state index in [0.29, 0.717) is 15.4 Å². The summed E-state index contributed by atoms with van der Waals surface area (Å²) in [6.45, 7) is 1.98. The number of rotatable bonds is 3. The van der Waals surface area contributed by atoms with Crippen LogP contribution in [0.3, 0.4) is 0 Å². The minimum absolute atomic E-state index is 0.478. The van der Waals surface area contributed by atoms with E-state index < -0.39 is 10.8 Å². The molecule has 0 heterocycles. The predicted octanol–water partition coefficient (Wildman–Crippen LogP) is 2.97. The highest BCUT2D eigenvalue weighted by atomic mass is 32.2. The van der Waals surface area contributed by atoms with Crippen molar-refractivity contribution in [1.29, 1.82) is 0 Å². The van der Waals surface area contributed by atoms with Gasteiger partial charge in [0.15, 0.2) is 6.29 Å². The fraction of sp³-hybridized carbons (Fsp3) is 0.0714. The van der Waals surface area contributed by atoms with Crippen molar-refractivity contribution in [3.63, 3.8) is 0 Å². The minimum Gasteiger partial charge on any atom is -0.298 e. The summed E-state index contributed by atoms with van der Waals surface area (Å²) in [4.78, 5) is 12.2. The highest BCUT2D eigenvalue weighted by molar-refractivity contribution is 7.85. The van der Waals surface area contributed by atoms with Gasteiger partial charge in [0.05, 0.1) is 15.7 Å². The second-order valence-electron chi connectivity index (χ2n) is 3.74. The van der Waals surface area contributed by atoms with Crippen molar-refractivity contribution in [2.75, 3.05) is 0 Å². The van der Waals surface area contributed by atoms with Crippen molar-refractivity contribution in [1.82, 2.24) is 0 Å². The molecule has 0 radical (unpaired) electrons. The van der Waals surface area contributed by atoms with Crippen LogP contribution in [0.15, 0.2) is 58.3 Å². The van der Waals surface area contributed by atoms with Crippen LogP contribution in [-0.4, -0.2) is 10.5 Å². The number of aryl methyl sites for hydroxylation is 1. The zero-order valence-electron chi connectivity index (χ0n) is 9.42. The summed E-state index contributed by atoms with van der Waals surface area (Å²) in [7, 11) is -1.30. The maximum Gasteiger partial charge on any atom is 0.151 e. The molecule has 2 nitrogen and oxygen atoms in total. The van der Waals surface area contributed by atoms with E-state index in [9.17, 15) is 9.00 Å². The molecule has 1 unspecified atom stereocenters. The number of benzene rings is 2. The summed E-state index contributed by atoms with van der Waals surface area (Å²) in [6, 6.07) is 14.4. The van der Waals surface area contributed by atoms with E-state index in [1.54, 1.807) is 24.3 Å². The molecular weight excluding hydrogens is 232 g/mol. The fourth-order valence-corrected chi connectivity index (χ4v) is 2.71. The van der Waals surface area contributed by atoms with Crippen LogP contribution in [0.5, 0.6) is 0 Å². The molecule has 0 fully saturated rings. The molecule has 17 heavy (non-hydrogen) atoms. The molecule has 0 aliphatic heterocycles. The van der Waals surface area contributed by atoms with Gasteiger partial charge in [-0.2, -0.15) is 0 Å². The summed E-state index contributed by atoms with van der Waals surface area (Å²) >= 11 is 0. The van der Waals surface area contributed by atoms with Crippen LogP contribution in [0, 0.1) is 6.92 Å². The fourth-order valence-electron chi connectivity index (χ4n) is 1.54. The Morgan fingerprint density at radius 2 is 1.65 bits per heavy atom. The summed E-state index contributed by atoms with van der Waals surface area (Å²) in [5.41, 5.74) is 1.60. The summed E-state index contributed by atoms with van der Waals surface area (Å²) in [5.74, 6) is 0.